The number of anilines is 2. The zero-order valence-electron chi connectivity index (χ0n) is 15.2. The van der Waals surface area contributed by atoms with Crippen LogP contribution in [-0.2, 0) is 17.8 Å². The molecule has 0 bridgehead atoms. The van der Waals surface area contributed by atoms with Gasteiger partial charge in [0.1, 0.15) is 0 Å². The first kappa shape index (κ1) is 18.7. The highest BCUT2D eigenvalue weighted by Gasteiger charge is 2.15. The molecule has 0 aliphatic carbocycles. The molecule has 138 valence electrons. The number of carbonyl (C=O) groups excluding carboxylic acids is 1. The molecule has 26 heavy (non-hydrogen) atoms. The molecule has 1 saturated heterocycles. The maximum Gasteiger partial charge on any atom is 0.214 e. The van der Waals surface area contributed by atoms with Crippen LogP contribution in [0, 0.1) is 0 Å². The Morgan fingerprint density at radius 2 is 1.96 bits per heavy atom. The van der Waals surface area contributed by atoms with Crippen LogP contribution in [-0.4, -0.2) is 32.6 Å². The van der Waals surface area contributed by atoms with E-state index in [1.165, 1.54) is 5.56 Å². The number of rotatable bonds is 7. The SMILES string of the molecule is CCCc1ccccc1N(C=O)Cc1cc(Cl)cc(N2CCNCC2)c1. The second-order valence-electron chi connectivity index (χ2n) is 6.67. The van der Waals surface area contributed by atoms with E-state index in [0.29, 0.717) is 11.6 Å². The number of halogens is 1. The van der Waals surface area contributed by atoms with Crippen LogP contribution in [0.4, 0.5) is 11.4 Å². The van der Waals surface area contributed by atoms with Crippen LogP contribution in [0.2, 0.25) is 5.02 Å². The Balaban J connectivity index is 1.84. The molecule has 0 aromatic heterocycles. The van der Waals surface area contributed by atoms with Crippen molar-refractivity contribution in [1.82, 2.24) is 5.32 Å². The molecular weight excluding hydrogens is 346 g/mol. The van der Waals surface area contributed by atoms with Gasteiger partial charge in [0.25, 0.3) is 0 Å². The van der Waals surface area contributed by atoms with E-state index in [0.717, 1.165) is 62.4 Å². The Morgan fingerprint density at radius 3 is 2.69 bits per heavy atom. The third-order valence-corrected chi connectivity index (χ3v) is 4.94. The van der Waals surface area contributed by atoms with Crippen molar-refractivity contribution in [3.63, 3.8) is 0 Å². The molecule has 2 aromatic rings. The van der Waals surface area contributed by atoms with Crippen LogP contribution < -0.4 is 15.1 Å². The first-order valence-corrected chi connectivity index (χ1v) is 9.64. The lowest BCUT2D eigenvalue weighted by atomic mass is 10.1. The second-order valence-corrected chi connectivity index (χ2v) is 7.10. The number of piperazine rings is 1. The highest BCUT2D eigenvalue weighted by atomic mass is 35.5. The van der Waals surface area contributed by atoms with Crippen LogP contribution in [0.5, 0.6) is 0 Å². The Morgan fingerprint density at radius 1 is 1.19 bits per heavy atom. The van der Waals surface area contributed by atoms with Gasteiger partial charge in [-0.15, -0.1) is 0 Å². The topological polar surface area (TPSA) is 35.6 Å². The standard InChI is InChI=1S/C21H26ClN3O/c1-2-5-18-6-3-4-7-21(18)25(16-26)15-17-12-19(22)14-20(13-17)24-10-8-23-9-11-24/h3-4,6-7,12-14,16,23H,2,5,8-11,15H2,1H3. The van der Waals surface area contributed by atoms with E-state index in [2.05, 4.69) is 29.3 Å². The molecule has 3 rings (SSSR count). The summed E-state index contributed by atoms with van der Waals surface area (Å²) < 4.78 is 0. The Hall–Kier alpha value is -2.04. The third kappa shape index (κ3) is 4.57. The molecule has 1 N–H and O–H groups in total. The molecule has 1 aliphatic rings. The average molecular weight is 372 g/mol. The van der Waals surface area contributed by atoms with Crippen molar-refractivity contribution in [3.8, 4) is 0 Å². The van der Waals surface area contributed by atoms with Crippen LogP contribution >= 0.6 is 11.6 Å². The summed E-state index contributed by atoms with van der Waals surface area (Å²) in [5.74, 6) is 0. The molecular formula is C21H26ClN3O. The minimum absolute atomic E-state index is 0.518. The van der Waals surface area contributed by atoms with Gasteiger partial charge in [0.2, 0.25) is 6.41 Å². The van der Waals surface area contributed by atoms with E-state index in [1.54, 1.807) is 4.90 Å². The van der Waals surface area contributed by atoms with E-state index in [-0.39, 0.29) is 0 Å². The Bertz CT molecular complexity index is 744. The van der Waals surface area contributed by atoms with Gasteiger partial charge in [-0.1, -0.05) is 43.1 Å². The minimum atomic E-state index is 0.518. The number of para-hydroxylation sites is 1. The molecule has 1 fully saturated rings. The van der Waals surface area contributed by atoms with E-state index in [1.807, 2.05) is 30.3 Å². The zero-order chi connectivity index (χ0) is 18.4. The normalized spacial score (nSPS) is 14.3. The number of amides is 1. The van der Waals surface area contributed by atoms with Gasteiger partial charge in [-0.3, -0.25) is 4.79 Å². The lowest BCUT2D eigenvalue weighted by Crippen LogP contribution is -2.43. The summed E-state index contributed by atoms with van der Waals surface area (Å²) in [7, 11) is 0. The summed E-state index contributed by atoms with van der Waals surface area (Å²) in [5.41, 5.74) is 4.35. The quantitative estimate of drug-likeness (QED) is 0.750. The van der Waals surface area contributed by atoms with Gasteiger partial charge in [-0.2, -0.15) is 0 Å². The molecule has 5 heteroatoms. The van der Waals surface area contributed by atoms with Gasteiger partial charge < -0.3 is 15.1 Å². The number of aryl methyl sites for hydroxylation is 1. The molecule has 4 nitrogen and oxygen atoms in total. The van der Waals surface area contributed by atoms with Crippen LogP contribution in [0.3, 0.4) is 0 Å². The molecule has 2 aromatic carbocycles. The molecule has 0 radical (unpaired) electrons. The van der Waals surface area contributed by atoms with Crippen LogP contribution in [0.15, 0.2) is 42.5 Å². The fourth-order valence-electron chi connectivity index (χ4n) is 3.48. The van der Waals surface area contributed by atoms with Crippen molar-refractivity contribution in [2.24, 2.45) is 0 Å². The predicted octanol–water partition coefficient (Wildman–Crippen LogP) is 3.87. The van der Waals surface area contributed by atoms with Gasteiger partial charge in [0.15, 0.2) is 0 Å². The fraction of sp³-hybridized carbons (Fsp3) is 0.381. The summed E-state index contributed by atoms with van der Waals surface area (Å²) in [6, 6.07) is 14.2. The third-order valence-electron chi connectivity index (χ3n) is 4.73. The molecule has 0 atom stereocenters. The van der Waals surface area contributed by atoms with Gasteiger partial charge in [0, 0.05) is 42.6 Å². The molecule has 1 amide bonds. The molecule has 0 spiro atoms. The zero-order valence-corrected chi connectivity index (χ0v) is 16.0. The van der Waals surface area contributed by atoms with Crippen molar-refractivity contribution >= 4 is 29.4 Å². The van der Waals surface area contributed by atoms with Gasteiger partial charge in [0.05, 0.1) is 6.54 Å². The maximum absolute atomic E-state index is 11.8. The Labute approximate surface area is 160 Å². The lowest BCUT2D eigenvalue weighted by Gasteiger charge is -2.30. The summed E-state index contributed by atoms with van der Waals surface area (Å²) in [6.07, 6.45) is 2.93. The summed E-state index contributed by atoms with van der Waals surface area (Å²) in [6.45, 7) is 6.56. The largest absolute Gasteiger partial charge is 0.369 e. The van der Waals surface area contributed by atoms with Gasteiger partial charge in [-0.25, -0.2) is 0 Å². The van der Waals surface area contributed by atoms with Crippen LogP contribution in [0.25, 0.3) is 0 Å². The number of nitrogens with one attached hydrogen (secondary N) is 1. The van der Waals surface area contributed by atoms with Crippen molar-refractivity contribution in [2.75, 3.05) is 36.0 Å². The smallest absolute Gasteiger partial charge is 0.214 e. The van der Waals surface area contributed by atoms with Crippen molar-refractivity contribution < 1.29 is 4.79 Å². The van der Waals surface area contributed by atoms with Gasteiger partial charge >= 0.3 is 0 Å². The maximum atomic E-state index is 11.8. The van der Waals surface area contributed by atoms with E-state index < -0.39 is 0 Å². The fourth-order valence-corrected chi connectivity index (χ4v) is 3.73. The summed E-state index contributed by atoms with van der Waals surface area (Å²) >= 11 is 6.37. The van der Waals surface area contributed by atoms with Gasteiger partial charge in [-0.05, 0) is 41.8 Å². The van der Waals surface area contributed by atoms with E-state index in [9.17, 15) is 4.79 Å². The predicted molar refractivity (Wildman–Crippen MR) is 109 cm³/mol. The van der Waals surface area contributed by atoms with E-state index >= 15 is 0 Å². The monoisotopic (exact) mass is 371 g/mol. The number of hydrogen-bond acceptors (Lipinski definition) is 3. The van der Waals surface area contributed by atoms with Crippen molar-refractivity contribution in [2.45, 2.75) is 26.3 Å². The molecule has 0 saturated carbocycles. The number of hydrogen-bond donors (Lipinski definition) is 1. The highest BCUT2D eigenvalue weighted by Crippen LogP contribution is 2.27. The Kier molecular flexibility index (Phi) is 6.53. The van der Waals surface area contributed by atoms with Crippen molar-refractivity contribution in [3.05, 3.63) is 58.6 Å². The number of benzene rings is 2. The molecule has 1 aliphatic heterocycles. The highest BCUT2D eigenvalue weighted by molar-refractivity contribution is 6.31. The summed E-state index contributed by atoms with van der Waals surface area (Å²) in [4.78, 5) is 15.9. The van der Waals surface area contributed by atoms with Crippen molar-refractivity contribution in [1.29, 1.82) is 0 Å². The summed E-state index contributed by atoms with van der Waals surface area (Å²) in [5, 5.41) is 4.08. The minimum Gasteiger partial charge on any atom is -0.369 e. The van der Waals surface area contributed by atoms with Crippen LogP contribution in [0.1, 0.15) is 24.5 Å². The first-order chi connectivity index (χ1) is 12.7. The second kappa shape index (κ2) is 9.06. The number of carbonyl (C=O) groups is 1. The lowest BCUT2D eigenvalue weighted by molar-refractivity contribution is -0.107. The van der Waals surface area contributed by atoms with E-state index in [4.69, 9.17) is 11.6 Å². The number of nitrogens with zero attached hydrogens (tertiary/aromatic N) is 2. The first-order valence-electron chi connectivity index (χ1n) is 9.26. The average Bonchev–Trinajstić information content (AvgIpc) is 2.67. The molecule has 1 heterocycles. The molecule has 0 unspecified atom stereocenters.